The molecule has 28 nitrogen and oxygen atoms in total. The van der Waals surface area contributed by atoms with Crippen LogP contribution in [0.3, 0.4) is 0 Å². The van der Waals surface area contributed by atoms with Crippen LogP contribution >= 0.6 is 0 Å². The number of benzene rings is 2. The van der Waals surface area contributed by atoms with Crippen molar-refractivity contribution in [3.8, 4) is 0 Å². The van der Waals surface area contributed by atoms with Gasteiger partial charge in [0, 0.05) is 47.5 Å². The molecule has 2 aromatic carbocycles. The van der Waals surface area contributed by atoms with Crippen molar-refractivity contribution in [1.29, 1.82) is 0 Å². The van der Waals surface area contributed by atoms with Crippen molar-refractivity contribution in [3.05, 3.63) is 42.0 Å². The summed E-state index contributed by atoms with van der Waals surface area (Å²) in [5, 5.41) is 75.4. The van der Waals surface area contributed by atoms with Crippen molar-refractivity contribution in [1.82, 2.24) is 16.0 Å². The Morgan fingerprint density at radius 2 is 1.57 bits per heavy atom. The Kier molecular flexibility index (Phi) is 24.5. The molecule has 2 saturated carbocycles. The van der Waals surface area contributed by atoms with Gasteiger partial charge in [-0.15, -0.1) is 0 Å². The Morgan fingerprint density at radius 1 is 0.845 bits per heavy atom. The third-order valence-electron chi connectivity index (χ3n) is 15.5. The summed E-state index contributed by atoms with van der Waals surface area (Å²) >= 11 is -5.01. The standard InChI is InChI=1S/C54H74N4O24S2/c1-26-48(79-37(52(70)71)16-28-8-4-3-5-9-28)45(65)38(23-59)81-53(26)80-36-19-30(18-35(57-51(69)31-20-40(61)58-41(62)21-31)49(36)82-54-47(67)46(66)44(64)27(2)78-54)50(68)55-13-7-11-32(60)24-76-14-15-77-25-42(63)56-34-12-6-10-29-17-33(83(72)73)22-39(43(29)34)84(74)75/h6,10,12,17,20,22,26-28,30,35-38,44-49,53-54,59,64-67H,3-5,7-9,11,13-16,18-19,21,23-25H2,1-2H3,(H,55,68)(H,56,63)(H,57,69)(H,70,71)(H,72,73)(H,74,75)(H,58,61,62)/t26?,27?,30?,35?,36-,37+,38+,44-,45+,46+,47?,48?,49-,53-,54+/m1/s1. The summed E-state index contributed by atoms with van der Waals surface area (Å²) < 4.78 is 85.1. The van der Waals surface area contributed by atoms with Crippen molar-refractivity contribution in [2.24, 2.45) is 17.8 Å². The minimum absolute atomic E-state index is 0.0376. The zero-order valence-corrected chi connectivity index (χ0v) is 47.8. The van der Waals surface area contributed by atoms with Gasteiger partial charge in [-0.25, -0.2) is 13.2 Å². The molecule has 12 N–H and O–H groups in total. The fourth-order valence-corrected chi connectivity index (χ4v) is 12.3. The summed E-state index contributed by atoms with van der Waals surface area (Å²) in [6.07, 6.45) is -13.2. The molecule has 84 heavy (non-hydrogen) atoms. The smallest absolute Gasteiger partial charge is 0.332 e. The molecule has 2 saturated heterocycles. The molecular weight excluding hydrogens is 1150 g/mol. The minimum Gasteiger partial charge on any atom is -0.479 e. The highest BCUT2D eigenvalue weighted by molar-refractivity contribution is 7.80. The molecule has 0 spiro atoms. The molecule has 7 rings (SSSR count). The normalized spacial score (nSPS) is 30.6. The van der Waals surface area contributed by atoms with Crippen LogP contribution in [-0.4, -0.2) is 209 Å². The Labute approximate surface area is 487 Å². The van der Waals surface area contributed by atoms with Gasteiger partial charge >= 0.3 is 5.97 Å². The zero-order valence-electron chi connectivity index (χ0n) is 46.1. The van der Waals surface area contributed by atoms with E-state index in [2.05, 4.69) is 21.3 Å². The second-order valence-electron chi connectivity index (χ2n) is 21.6. The molecule has 30 heteroatoms. The van der Waals surface area contributed by atoms with E-state index < -0.39 is 169 Å². The lowest BCUT2D eigenvalue weighted by molar-refractivity contribution is -0.340. The molecule has 2 aliphatic carbocycles. The SMILES string of the molecule is CC1C(O[C@@H](CC2CCCCC2)C(=O)O)[C@@H](O)[C@H](CO)O[C@H]1O[C@@H]1CC(C(=O)NCCCC(=O)COCCOCC(=O)Nc2cccc3cc(S(=O)O)cc(S(=O)O)c23)CC(NC(=O)C2=CC(=O)NC(=O)C2)[C@H]1O[C@@H]1OC(C)[C@@H](O)[C@H](O)C1O. The average molecular weight is 1230 g/mol. The number of rotatable bonds is 27. The van der Waals surface area contributed by atoms with Gasteiger partial charge in [-0.2, -0.15) is 0 Å². The number of aliphatic carboxylic acids is 1. The number of imide groups is 1. The van der Waals surface area contributed by atoms with E-state index in [4.69, 9.17) is 33.2 Å². The number of carbonyl (C=O) groups is 7. The van der Waals surface area contributed by atoms with Crippen LogP contribution in [0.2, 0.25) is 0 Å². The molecule has 0 aromatic heterocycles. The number of nitrogens with one attached hydrogen (secondary N) is 4. The van der Waals surface area contributed by atoms with Crippen LogP contribution in [0.5, 0.6) is 0 Å². The number of Topliss-reactive ketones (excluding diaryl/α,β-unsaturated/α-hetero) is 1. The van der Waals surface area contributed by atoms with Gasteiger partial charge < -0.3 is 88.9 Å². The molecule has 3 aliphatic heterocycles. The lowest BCUT2D eigenvalue weighted by atomic mass is 9.80. The van der Waals surface area contributed by atoms with Gasteiger partial charge in [-0.1, -0.05) is 51.2 Å². The van der Waals surface area contributed by atoms with Crippen LogP contribution in [0, 0.1) is 17.8 Å². The number of ketones is 1. The topological polar surface area (TPSA) is 428 Å². The fraction of sp³-hybridized carbons (Fsp3) is 0.648. The molecular formula is C54H74N4O24S2. The van der Waals surface area contributed by atoms with E-state index in [9.17, 15) is 81.7 Å². The van der Waals surface area contributed by atoms with E-state index in [1.165, 1.54) is 19.1 Å². The van der Waals surface area contributed by atoms with Crippen LogP contribution in [0.15, 0.2) is 51.8 Å². The minimum atomic E-state index is -2.57. The number of aliphatic hydroxyl groups excluding tert-OH is 5. The Bertz CT molecular complexity index is 2770. The lowest BCUT2D eigenvalue weighted by Crippen LogP contribution is -2.64. The van der Waals surface area contributed by atoms with Gasteiger partial charge in [0.1, 0.15) is 49.8 Å². The van der Waals surface area contributed by atoms with Crippen LogP contribution in [0.4, 0.5) is 5.69 Å². The summed E-state index contributed by atoms with van der Waals surface area (Å²) in [6, 6.07) is 5.70. The van der Waals surface area contributed by atoms with E-state index in [0.717, 1.165) is 44.2 Å². The Balaban J connectivity index is 0.995. The first-order chi connectivity index (χ1) is 40.0. The van der Waals surface area contributed by atoms with Gasteiger partial charge in [0.25, 0.3) is 5.91 Å². The number of aliphatic hydroxyl groups is 5. The Morgan fingerprint density at radius 3 is 2.25 bits per heavy atom. The highest BCUT2D eigenvalue weighted by atomic mass is 32.2. The van der Waals surface area contributed by atoms with Crippen LogP contribution in [0.25, 0.3) is 10.8 Å². The third-order valence-corrected chi connectivity index (χ3v) is 16.9. The molecule has 0 bridgehead atoms. The first-order valence-electron chi connectivity index (χ1n) is 27.7. The number of hydrogen-bond donors (Lipinski definition) is 12. The van der Waals surface area contributed by atoms with Crippen LogP contribution in [0.1, 0.15) is 84.5 Å². The number of fused-ring (bicyclic) bond motifs is 1. The summed E-state index contributed by atoms with van der Waals surface area (Å²) in [5.74, 6) is -7.40. The number of carboxylic acid groups (broad SMARTS) is 1. The van der Waals surface area contributed by atoms with E-state index >= 15 is 0 Å². The van der Waals surface area contributed by atoms with Crippen molar-refractivity contribution >= 4 is 79.9 Å². The number of amides is 5. The number of hydrogen-bond acceptors (Lipinski definition) is 21. The van der Waals surface area contributed by atoms with E-state index in [1.54, 1.807) is 19.1 Å². The van der Waals surface area contributed by atoms with Crippen molar-refractivity contribution < 1.29 is 115 Å². The molecule has 8 unspecified atom stereocenters. The molecule has 5 amide bonds. The van der Waals surface area contributed by atoms with Gasteiger partial charge in [0.05, 0.1) is 60.4 Å². The van der Waals surface area contributed by atoms with E-state index in [-0.39, 0.29) is 96.6 Å². The highest BCUT2D eigenvalue weighted by Gasteiger charge is 2.52. The average Bonchev–Trinajstić information content (AvgIpc) is 3.37. The summed E-state index contributed by atoms with van der Waals surface area (Å²) in [4.78, 5) is 90.8. The summed E-state index contributed by atoms with van der Waals surface area (Å²) in [5.41, 5.74) is -0.0919. The van der Waals surface area contributed by atoms with E-state index in [1.807, 2.05) is 0 Å². The fourth-order valence-electron chi connectivity index (χ4n) is 11.1. The number of anilines is 1. The number of carboxylic acids is 1. The summed E-state index contributed by atoms with van der Waals surface area (Å²) in [6.45, 7) is 1.14. The molecule has 466 valence electrons. The van der Waals surface area contributed by atoms with Gasteiger partial charge in [-0.3, -0.25) is 34.1 Å². The maximum Gasteiger partial charge on any atom is 0.332 e. The van der Waals surface area contributed by atoms with Crippen molar-refractivity contribution in [2.45, 2.75) is 174 Å². The quantitative estimate of drug-likeness (QED) is 0.0303. The predicted octanol–water partition coefficient (Wildman–Crippen LogP) is -0.573. The highest BCUT2D eigenvalue weighted by Crippen LogP contribution is 2.39. The maximum atomic E-state index is 14.2. The maximum absolute atomic E-state index is 14.2. The van der Waals surface area contributed by atoms with Gasteiger partial charge in [0.2, 0.25) is 23.6 Å². The molecule has 0 radical (unpaired) electrons. The molecule has 4 fully saturated rings. The monoisotopic (exact) mass is 1230 g/mol. The first-order valence-corrected chi connectivity index (χ1v) is 30.0. The van der Waals surface area contributed by atoms with Crippen molar-refractivity contribution in [3.63, 3.8) is 0 Å². The number of ether oxygens (including phenoxy) is 7. The third kappa shape index (κ3) is 17.5. The molecule has 17 atom stereocenters. The largest absolute Gasteiger partial charge is 0.479 e. The Hall–Kier alpha value is -5.13. The molecule has 2 aromatic rings. The number of carbonyl (C=O) groups excluding carboxylic acids is 6. The predicted molar refractivity (Wildman–Crippen MR) is 291 cm³/mol. The van der Waals surface area contributed by atoms with Gasteiger partial charge in [-0.05, 0) is 62.1 Å². The second-order valence-corrected chi connectivity index (χ2v) is 23.5. The molecule has 5 aliphatic rings. The lowest BCUT2D eigenvalue weighted by Gasteiger charge is -2.49. The zero-order chi connectivity index (χ0) is 60.9. The van der Waals surface area contributed by atoms with Crippen LogP contribution < -0.4 is 21.3 Å². The molecule has 3 heterocycles. The summed E-state index contributed by atoms with van der Waals surface area (Å²) in [7, 11) is 0. The van der Waals surface area contributed by atoms with Gasteiger partial charge in [0.15, 0.2) is 46.6 Å². The first kappa shape index (κ1) is 66.4. The van der Waals surface area contributed by atoms with E-state index in [0.29, 0.717) is 5.39 Å². The van der Waals surface area contributed by atoms with Crippen molar-refractivity contribution in [2.75, 3.05) is 44.9 Å². The second kappa shape index (κ2) is 31.0. The van der Waals surface area contributed by atoms with Crippen LogP contribution in [-0.2, 0) is 88.9 Å².